The summed E-state index contributed by atoms with van der Waals surface area (Å²) in [5.74, 6) is -1.09. The van der Waals surface area contributed by atoms with Crippen molar-refractivity contribution in [3.05, 3.63) is 0 Å². The molecule has 0 aromatic carbocycles. The van der Waals surface area contributed by atoms with Crippen LogP contribution in [0.5, 0.6) is 0 Å². The van der Waals surface area contributed by atoms with E-state index in [1.807, 2.05) is 6.92 Å². The van der Waals surface area contributed by atoms with Gasteiger partial charge in [0.25, 0.3) is 0 Å². The van der Waals surface area contributed by atoms with Gasteiger partial charge in [-0.3, -0.25) is 0 Å². The molecule has 0 fully saturated rings. The largest absolute Gasteiger partial charge is 0.550 e. The Morgan fingerprint density at radius 2 is 1.15 bits per heavy atom. The predicted molar refractivity (Wildman–Crippen MR) is 84.5 cm³/mol. The fraction of sp³-hybridized carbons (Fsp3) is 0.944. The van der Waals surface area contributed by atoms with E-state index in [4.69, 9.17) is 0 Å². The molecule has 0 aliphatic heterocycles. The Balaban J connectivity index is 3.15. The lowest BCUT2D eigenvalue weighted by atomic mass is 9.98. The lowest BCUT2D eigenvalue weighted by Crippen LogP contribution is -2.30. The number of hydrogen-bond acceptors (Lipinski definition) is 2. The fourth-order valence-electron chi connectivity index (χ4n) is 2.72. The van der Waals surface area contributed by atoms with Crippen LogP contribution in [-0.4, -0.2) is 5.97 Å². The Hall–Kier alpha value is -0.530. The van der Waals surface area contributed by atoms with Crippen LogP contribution in [0.4, 0.5) is 0 Å². The smallest absolute Gasteiger partial charge is 0.0445 e. The Labute approximate surface area is 126 Å². The molecular formula is C18H35O2-. The summed E-state index contributed by atoms with van der Waals surface area (Å²) >= 11 is 0. The molecule has 0 bridgehead atoms. The van der Waals surface area contributed by atoms with Gasteiger partial charge in [0.15, 0.2) is 0 Å². The standard InChI is InChI=1S/C18H36O2/c1-3-5-6-7-8-9-10-11-12-13-14-15-16-17(4-2)18(19)20/h17H,3-16H2,1-2H3,(H,19,20)/p-1. The molecule has 0 aliphatic rings. The summed E-state index contributed by atoms with van der Waals surface area (Å²) in [7, 11) is 0. The van der Waals surface area contributed by atoms with Crippen LogP contribution < -0.4 is 5.11 Å². The SMILES string of the molecule is CCCCCCCCCCCCCCC(CC)C(=O)[O-]. The van der Waals surface area contributed by atoms with Crippen LogP contribution in [0.1, 0.15) is 104 Å². The molecular weight excluding hydrogens is 248 g/mol. The van der Waals surface area contributed by atoms with Crippen molar-refractivity contribution in [1.82, 2.24) is 0 Å². The molecule has 0 amide bonds. The van der Waals surface area contributed by atoms with Gasteiger partial charge in [0.1, 0.15) is 0 Å². The highest BCUT2D eigenvalue weighted by molar-refractivity contribution is 5.67. The molecule has 0 aromatic heterocycles. The number of carboxylic acids is 1. The Morgan fingerprint density at radius 3 is 1.50 bits per heavy atom. The van der Waals surface area contributed by atoms with Crippen LogP contribution in [0.2, 0.25) is 0 Å². The van der Waals surface area contributed by atoms with Crippen molar-refractivity contribution >= 4 is 5.97 Å². The molecule has 0 aromatic rings. The summed E-state index contributed by atoms with van der Waals surface area (Å²) in [5, 5.41) is 10.8. The highest BCUT2D eigenvalue weighted by Crippen LogP contribution is 2.15. The molecule has 0 N–H and O–H groups in total. The second kappa shape index (κ2) is 14.9. The topological polar surface area (TPSA) is 40.1 Å². The maximum absolute atomic E-state index is 10.8. The van der Waals surface area contributed by atoms with Gasteiger partial charge in [-0.15, -0.1) is 0 Å². The van der Waals surface area contributed by atoms with E-state index in [2.05, 4.69) is 6.92 Å². The molecule has 0 saturated heterocycles. The number of carbonyl (C=O) groups is 1. The monoisotopic (exact) mass is 283 g/mol. The van der Waals surface area contributed by atoms with E-state index in [0.29, 0.717) is 6.42 Å². The summed E-state index contributed by atoms with van der Waals surface area (Å²) in [5.41, 5.74) is 0. The van der Waals surface area contributed by atoms with Crippen molar-refractivity contribution in [3.63, 3.8) is 0 Å². The highest BCUT2D eigenvalue weighted by atomic mass is 16.4. The van der Waals surface area contributed by atoms with Gasteiger partial charge >= 0.3 is 0 Å². The van der Waals surface area contributed by atoms with E-state index in [-0.39, 0.29) is 5.92 Å². The maximum atomic E-state index is 10.8. The summed E-state index contributed by atoms with van der Waals surface area (Å²) in [4.78, 5) is 10.8. The zero-order valence-electron chi connectivity index (χ0n) is 13.8. The third-order valence-corrected chi connectivity index (χ3v) is 4.23. The van der Waals surface area contributed by atoms with Crippen molar-refractivity contribution in [2.24, 2.45) is 5.92 Å². The molecule has 0 aliphatic carbocycles. The van der Waals surface area contributed by atoms with E-state index in [9.17, 15) is 9.90 Å². The van der Waals surface area contributed by atoms with Gasteiger partial charge in [0.05, 0.1) is 0 Å². The lowest BCUT2D eigenvalue weighted by molar-refractivity contribution is -0.311. The first-order chi connectivity index (χ1) is 9.72. The fourth-order valence-corrected chi connectivity index (χ4v) is 2.72. The number of carboxylic acid groups (broad SMARTS) is 1. The Morgan fingerprint density at radius 1 is 0.750 bits per heavy atom. The maximum Gasteiger partial charge on any atom is 0.0445 e. The van der Waals surface area contributed by atoms with Crippen LogP contribution in [0.3, 0.4) is 0 Å². The van der Waals surface area contributed by atoms with E-state index >= 15 is 0 Å². The minimum atomic E-state index is -0.865. The molecule has 2 nitrogen and oxygen atoms in total. The van der Waals surface area contributed by atoms with Gasteiger partial charge < -0.3 is 9.90 Å². The van der Waals surface area contributed by atoms with Crippen LogP contribution in [0.25, 0.3) is 0 Å². The molecule has 0 saturated carbocycles. The van der Waals surface area contributed by atoms with Gasteiger partial charge in [-0.05, 0) is 18.8 Å². The zero-order valence-corrected chi connectivity index (χ0v) is 13.8. The summed E-state index contributed by atoms with van der Waals surface area (Å²) in [6.45, 7) is 4.19. The molecule has 1 atom stereocenters. The van der Waals surface area contributed by atoms with Gasteiger partial charge in [0, 0.05) is 5.97 Å². The normalized spacial score (nSPS) is 12.5. The third-order valence-electron chi connectivity index (χ3n) is 4.23. The van der Waals surface area contributed by atoms with Crippen molar-refractivity contribution in [2.75, 3.05) is 0 Å². The van der Waals surface area contributed by atoms with Gasteiger partial charge in [-0.1, -0.05) is 90.9 Å². The van der Waals surface area contributed by atoms with Crippen molar-refractivity contribution < 1.29 is 9.90 Å². The number of rotatable bonds is 15. The predicted octanol–water partition coefficient (Wildman–Crippen LogP) is 4.85. The first kappa shape index (κ1) is 19.5. The van der Waals surface area contributed by atoms with Crippen molar-refractivity contribution in [2.45, 2.75) is 104 Å². The van der Waals surface area contributed by atoms with E-state index in [1.54, 1.807) is 0 Å². The first-order valence-corrected chi connectivity index (χ1v) is 8.93. The van der Waals surface area contributed by atoms with Gasteiger partial charge in [0.2, 0.25) is 0 Å². The van der Waals surface area contributed by atoms with Crippen LogP contribution in [-0.2, 0) is 4.79 Å². The van der Waals surface area contributed by atoms with E-state index in [1.165, 1.54) is 70.6 Å². The van der Waals surface area contributed by atoms with Crippen LogP contribution >= 0.6 is 0 Å². The second-order valence-corrected chi connectivity index (χ2v) is 6.10. The van der Waals surface area contributed by atoms with Crippen molar-refractivity contribution in [1.29, 1.82) is 0 Å². The quantitative estimate of drug-likeness (QED) is 0.403. The molecule has 120 valence electrons. The molecule has 0 spiro atoms. The van der Waals surface area contributed by atoms with Gasteiger partial charge in [-0.2, -0.15) is 0 Å². The van der Waals surface area contributed by atoms with Gasteiger partial charge in [-0.25, -0.2) is 0 Å². The first-order valence-electron chi connectivity index (χ1n) is 8.93. The third kappa shape index (κ3) is 12.5. The molecule has 0 radical (unpaired) electrons. The Kier molecular flexibility index (Phi) is 14.5. The number of carbonyl (C=O) groups excluding carboxylic acids is 1. The van der Waals surface area contributed by atoms with Crippen LogP contribution in [0.15, 0.2) is 0 Å². The number of unbranched alkanes of at least 4 members (excludes halogenated alkanes) is 11. The minimum absolute atomic E-state index is 0.224. The summed E-state index contributed by atoms with van der Waals surface area (Å²) < 4.78 is 0. The summed E-state index contributed by atoms with van der Waals surface area (Å²) in [6.07, 6.45) is 17.4. The van der Waals surface area contributed by atoms with Crippen molar-refractivity contribution in [3.8, 4) is 0 Å². The number of aliphatic carboxylic acids is 1. The molecule has 0 heterocycles. The van der Waals surface area contributed by atoms with Crippen LogP contribution in [0, 0.1) is 5.92 Å². The molecule has 20 heavy (non-hydrogen) atoms. The zero-order chi connectivity index (χ0) is 15.1. The average Bonchev–Trinajstić information content (AvgIpc) is 2.43. The lowest BCUT2D eigenvalue weighted by Gasteiger charge is -2.15. The van der Waals surface area contributed by atoms with E-state index < -0.39 is 5.97 Å². The molecule has 0 rings (SSSR count). The summed E-state index contributed by atoms with van der Waals surface area (Å²) in [6, 6.07) is 0. The Bertz CT molecular complexity index is 213. The highest BCUT2D eigenvalue weighted by Gasteiger charge is 2.06. The average molecular weight is 283 g/mol. The molecule has 2 heteroatoms. The minimum Gasteiger partial charge on any atom is -0.550 e. The van der Waals surface area contributed by atoms with E-state index in [0.717, 1.165) is 12.8 Å². The second-order valence-electron chi connectivity index (χ2n) is 6.10. The molecule has 1 unspecified atom stereocenters. The number of hydrogen-bond donors (Lipinski definition) is 0.